The number of para-hydroxylation sites is 1. The molecule has 6 heteroatoms. The van der Waals surface area contributed by atoms with Gasteiger partial charge >= 0.3 is 5.97 Å². The van der Waals surface area contributed by atoms with Crippen LogP contribution in [0.15, 0.2) is 85.1 Å². The van der Waals surface area contributed by atoms with Crippen LogP contribution < -0.4 is 4.74 Å². The maximum atomic E-state index is 12.4. The third-order valence-corrected chi connectivity index (χ3v) is 4.86. The van der Waals surface area contributed by atoms with Crippen LogP contribution in [-0.4, -0.2) is 22.9 Å². The van der Waals surface area contributed by atoms with Crippen molar-refractivity contribution in [3.8, 4) is 22.7 Å². The molecule has 0 bridgehead atoms. The van der Waals surface area contributed by atoms with Gasteiger partial charge in [-0.15, -0.1) is 0 Å². The van der Waals surface area contributed by atoms with Crippen molar-refractivity contribution in [3.63, 3.8) is 0 Å². The van der Waals surface area contributed by atoms with Gasteiger partial charge in [0.25, 0.3) is 0 Å². The molecular formula is C24H19ClN2O3. The molecule has 4 rings (SSSR count). The fraction of sp³-hybridized carbons (Fsp3) is 0.0833. The number of ether oxygens (including phenoxy) is 2. The number of carbonyl (C=O) groups is 1. The Kier molecular flexibility index (Phi) is 5.82. The topological polar surface area (TPSA) is 53.4 Å². The highest BCUT2D eigenvalue weighted by atomic mass is 35.5. The Bertz CT molecular complexity index is 1140. The van der Waals surface area contributed by atoms with Gasteiger partial charge in [0.2, 0.25) is 0 Å². The van der Waals surface area contributed by atoms with Crippen molar-refractivity contribution in [1.29, 1.82) is 0 Å². The van der Waals surface area contributed by atoms with E-state index in [1.54, 1.807) is 36.1 Å². The number of nitrogens with zero attached hydrogens (tertiary/aromatic N) is 2. The summed E-state index contributed by atoms with van der Waals surface area (Å²) in [5, 5.41) is 5.30. The predicted molar refractivity (Wildman–Crippen MR) is 116 cm³/mol. The van der Waals surface area contributed by atoms with Crippen LogP contribution in [0, 0.1) is 0 Å². The van der Waals surface area contributed by atoms with E-state index in [4.69, 9.17) is 26.2 Å². The lowest BCUT2D eigenvalue weighted by Crippen LogP contribution is -2.05. The monoisotopic (exact) mass is 418 g/mol. The van der Waals surface area contributed by atoms with E-state index < -0.39 is 5.97 Å². The standard InChI is InChI=1S/C24H19ClN2O3/c1-29-22-13-9-17(10-14-22)23-19(15-27(26-23)21-5-3-2-4-6-21)16-30-24(28)18-7-11-20(25)12-8-18/h2-15H,16H2,1H3. The first-order valence-electron chi connectivity index (χ1n) is 9.35. The molecule has 0 aliphatic carbocycles. The number of carbonyl (C=O) groups excluding carboxylic acids is 1. The molecule has 150 valence electrons. The number of aromatic nitrogens is 2. The fourth-order valence-electron chi connectivity index (χ4n) is 3.03. The fourth-order valence-corrected chi connectivity index (χ4v) is 3.16. The van der Waals surface area contributed by atoms with Gasteiger partial charge in [-0.3, -0.25) is 0 Å². The quantitative estimate of drug-likeness (QED) is 0.385. The lowest BCUT2D eigenvalue weighted by Gasteiger charge is -2.06. The van der Waals surface area contributed by atoms with E-state index in [0.29, 0.717) is 10.6 Å². The average molecular weight is 419 g/mol. The molecule has 0 aliphatic rings. The van der Waals surface area contributed by atoms with Gasteiger partial charge in [-0.25, -0.2) is 9.48 Å². The van der Waals surface area contributed by atoms with Crippen molar-refractivity contribution in [1.82, 2.24) is 9.78 Å². The summed E-state index contributed by atoms with van der Waals surface area (Å²) < 4.78 is 12.6. The van der Waals surface area contributed by atoms with Gasteiger partial charge < -0.3 is 9.47 Å². The first-order valence-corrected chi connectivity index (χ1v) is 9.73. The highest BCUT2D eigenvalue weighted by Crippen LogP contribution is 2.26. The summed E-state index contributed by atoms with van der Waals surface area (Å²) in [6, 6.07) is 24.0. The summed E-state index contributed by atoms with van der Waals surface area (Å²) in [6.07, 6.45) is 1.88. The van der Waals surface area contributed by atoms with Crippen molar-refractivity contribution in [2.75, 3.05) is 7.11 Å². The molecule has 0 spiro atoms. The van der Waals surface area contributed by atoms with Crippen LogP contribution in [0.2, 0.25) is 5.02 Å². The molecule has 0 N–H and O–H groups in total. The zero-order chi connectivity index (χ0) is 20.9. The molecule has 4 aromatic rings. The molecule has 0 aliphatic heterocycles. The lowest BCUT2D eigenvalue weighted by atomic mass is 10.1. The van der Waals surface area contributed by atoms with Crippen LogP contribution in [-0.2, 0) is 11.3 Å². The molecule has 0 unspecified atom stereocenters. The normalized spacial score (nSPS) is 10.6. The van der Waals surface area contributed by atoms with Gasteiger partial charge in [0.1, 0.15) is 12.4 Å². The van der Waals surface area contributed by atoms with Gasteiger partial charge in [-0.2, -0.15) is 5.10 Å². The first kappa shape index (κ1) is 19.7. The Morgan fingerprint density at radius 1 is 0.967 bits per heavy atom. The number of halogens is 1. The summed E-state index contributed by atoms with van der Waals surface area (Å²) in [5.74, 6) is 0.344. The Morgan fingerprint density at radius 2 is 1.67 bits per heavy atom. The molecule has 1 heterocycles. The second kappa shape index (κ2) is 8.84. The van der Waals surface area contributed by atoms with Crippen molar-refractivity contribution < 1.29 is 14.3 Å². The first-order chi connectivity index (χ1) is 14.6. The zero-order valence-corrected chi connectivity index (χ0v) is 17.0. The van der Waals surface area contributed by atoms with Gasteiger partial charge in [-0.05, 0) is 60.7 Å². The maximum absolute atomic E-state index is 12.4. The number of hydrogen-bond acceptors (Lipinski definition) is 4. The molecule has 0 amide bonds. The molecule has 0 saturated heterocycles. The SMILES string of the molecule is COc1ccc(-c2nn(-c3ccccc3)cc2COC(=O)c2ccc(Cl)cc2)cc1. The largest absolute Gasteiger partial charge is 0.497 e. The minimum Gasteiger partial charge on any atom is -0.497 e. The summed E-state index contributed by atoms with van der Waals surface area (Å²) in [4.78, 5) is 12.4. The Morgan fingerprint density at radius 3 is 2.33 bits per heavy atom. The van der Waals surface area contributed by atoms with E-state index in [1.165, 1.54) is 0 Å². The van der Waals surface area contributed by atoms with Crippen LogP contribution in [0.1, 0.15) is 15.9 Å². The van der Waals surface area contributed by atoms with Crippen molar-refractivity contribution in [3.05, 3.63) is 101 Å². The summed E-state index contributed by atoms with van der Waals surface area (Å²) in [6.45, 7) is 0.0929. The van der Waals surface area contributed by atoms with E-state index in [-0.39, 0.29) is 6.61 Å². The number of benzene rings is 3. The number of esters is 1. The Hall–Kier alpha value is -3.57. The van der Waals surface area contributed by atoms with Crippen molar-refractivity contribution >= 4 is 17.6 Å². The molecule has 30 heavy (non-hydrogen) atoms. The minimum absolute atomic E-state index is 0.0929. The zero-order valence-electron chi connectivity index (χ0n) is 16.3. The highest BCUT2D eigenvalue weighted by Gasteiger charge is 2.15. The van der Waals surface area contributed by atoms with E-state index >= 15 is 0 Å². The van der Waals surface area contributed by atoms with E-state index in [2.05, 4.69) is 0 Å². The van der Waals surface area contributed by atoms with E-state index in [0.717, 1.165) is 28.3 Å². The second-order valence-corrected chi connectivity index (χ2v) is 7.03. The van der Waals surface area contributed by atoms with Crippen LogP contribution in [0.3, 0.4) is 0 Å². The molecule has 5 nitrogen and oxygen atoms in total. The highest BCUT2D eigenvalue weighted by molar-refractivity contribution is 6.30. The van der Waals surface area contributed by atoms with Crippen molar-refractivity contribution in [2.24, 2.45) is 0 Å². The number of methoxy groups -OCH3 is 1. The van der Waals surface area contributed by atoms with Crippen LogP contribution in [0.4, 0.5) is 0 Å². The van der Waals surface area contributed by atoms with Crippen molar-refractivity contribution in [2.45, 2.75) is 6.61 Å². The third kappa shape index (κ3) is 4.36. The third-order valence-electron chi connectivity index (χ3n) is 4.61. The van der Waals surface area contributed by atoms with Gasteiger partial charge in [0.05, 0.1) is 24.1 Å². The summed E-state index contributed by atoms with van der Waals surface area (Å²) in [7, 11) is 1.63. The molecule has 3 aromatic carbocycles. The van der Waals surface area contributed by atoms with Crippen LogP contribution in [0.5, 0.6) is 5.75 Å². The van der Waals surface area contributed by atoms with Gasteiger partial charge in [0.15, 0.2) is 0 Å². The predicted octanol–water partition coefficient (Wildman–Crippen LogP) is 5.56. The summed E-state index contributed by atoms with van der Waals surface area (Å²) in [5.41, 5.74) is 3.81. The lowest BCUT2D eigenvalue weighted by molar-refractivity contribution is 0.0473. The molecular weight excluding hydrogens is 400 g/mol. The Balaban J connectivity index is 1.63. The maximum Gasteiger partial charge on any atom is 0.338 e. The summed E-state index contributed by atoms with van der Waals surface area (Å²) >= 11 is 5.89. The smallest absolute Gasteiger partial charge is 0.338 e. The molecule has 0 atom stereocenters. The Labute approximate surface area is 179 Å². The average Bonchev–Trinajstić information content (AvgIpc) is 3.23. The van der Waals surface area contributed by atoms with Crippen LogP contribution in [0.25, 0.3) is 16.9 Å². The molecule has 0 radical (unpaired) electrons. The molecule has 0 fully saturated rings. The van der Waals surface area contributed by atoms with Gasteiger partial charge in [-0.1, -0.05) is 29.8 Å². The minimum atomic E-state index is -0.417. The van der Waals surface area contributed by atoms with E-state index in [9.17, 15) is 4.79 Å². The van der Waals surface area contributed by atoms with Crippen LogP contribution >= 0.6 is 11.6 Å². The number of hydrogen-bond donors (Lipinski definition) is 0. The molecule has 1 aromatic heterocycles. The second-order valence-electron chi connectivity index (χ2n) is 6.59. The van der Waals surface area contributed by atoms with Gasteiger partial charge in [0, 0.05) is 22.3 Å². The van der Waals surface area contributed by atoms with E-state index in [1.807, 2.05) is 60.8 Å². The molecule has 0 saturated carbocycles. The number of rotatable bonds is 6.